The summed E-state index contributed by atoms with van der Waals surface area (Å²) in [5, 5.41) is 11.2. The molecule has 0 unspecified atom stereocenters. The predicted octanol–water partition coefficient (Wildman–Crippen LogP) is 6.00. The molecule has 3 aromatic carbocycles. The van der Waals surface area contributed by atoms with Gasteiger partial charge in [0, 0.05) is 29.1 Å². The molecule has 0 aromatic heterocycles. The standard InChI is InChI=1S/C29H30ClN3O6S/c1-4-15-31(2)16-17-32-23-7-5-6-8-25(23)40-27(19-9-12-21(38-3)13-10-19)26(28(32)34)39-29(35)22-14-11-20(30)18-24(22)33(36)37/h5-14,18,26-27H,4,15-17H2,1-3H3/t26-,27+/m0/s1. The molecule has 2 atom stereocenters. The lowest BCUT2D eigenvalue weighted by Crippen LogP contribution is -2.45. The number of halogens is 1. The van der Waals surface area contributed by atoms with E-state index in [2.05, 4.69) is 11.8 Å². The van der Waals surface area contributed by atoms with Gasteiger partial charge >= 0.3 is 5.97 Å². The minimum absolute atomic E-state index is 0.110. The number of amides is 1. The van der Waals surface area contributed by atoms with Crippen molar-refractivity contribution in [3.8, 4) is 5.75 Å². The first kappa shape index (κ1) is 29.4. The van der Waals surface area contributed by atoms with E-state index >= 15 is 0 Å². The topological polar surface area (TPSA) is 102 Å². The van der Waals surface area contributed by atoms with E-state index in [-0.39, 0.29) is 10.6 Å². The van der Waals surface area contributed by atoms with Crippen LogP contribution >= 0.6 is 23.4 Å². The fourth-order valence-corrected chi connectivity index (χ4v) is 6.02. The van der Waals surface area contributed by atoms with Crippen LogP contribution in [0.2, 0.25) is 5.02 Å². The second-order valence-electron chi connectivity index (χ2n) is 9.32. The molecular formula is C29H30ClN3O6S. The first-order valence-electron chi connectivity index (χ1n) is 12.8. The van der Waals surface area contributed by atoms with Crippen molar-refractivity contribution in [2.45, 2.75) is 29.6 Å². The van der Waals surface area contributed by atoms with Crippen LogP contribution in [0.3, 0.4) is 0 Å². The van der Waals surface area contributed by atoms with Crippen molar-refractivity contribution in [2.24, 2.45) is 0 Å². The Kier molecular flexibility index (Phi) is 9.67. The Bertz CT molecular complexity index is 1390. The largest absolute Gasteiger partial charge is 0.497 e. The Morgan fingerprint density at radius 3 is 2.52 bits per heavy atom. The number of esters is 1. The maximum atomic E-state index is 14.3. The quantitative estimate of drug-likeness (QED) is 0.163. The first-order chi connectivity index (χ1) is 19.2. The summed E-state index contributed by atoms with van der Waals surface area (Å²) < 4.78 is 11.2. The Labute approximate surface area is 242 Å². The van der Waals surface area contributed by atoms with Crippen LogP contribution in [0.5, 0.6) is 5.75 Å². The summed E-state index contributed by atoms with van der Waals surface area (Å²) >= 11 is 7.35. The summed E-state index contributed by atoms with van der Waals surface area (Å²) in [6.45, 7) is 3.93. The van der Waals surface area contributed by atoms with Gasteiger partial charge in [-0.3, -0.25) is 14.9 Å². The maximum Gasteiger partial charge on any atom is 0.346 e. The van der Waals surface area contributed by atoms with Crippen LogP contribution in [0.15, 0.2) is 71.6 Å². The Morgan fingerprint density at radius 2 is 1.85 bits per heavy atom. The summed E-state index contributed by atoms with van der Waals surface area (Å²) in [7, 11) is 3.55. The fraction of sp³-hybridized carbons (Fsp3) is 0.310. The monoisotopic (exact) mass is 583 g/mol. The lowest BCUT2D eigenvalue weighted by molar-refractivity contribution is -0.385. The molecule has 0 fully saturated rings. The third kappa shape index (κ3) is 6.57. The van der Waals surface area contributed by atoms with Gasteiger partial charge in [-0.2, -0.15) is 0 Å². The van der Waals surface area contributed by atoms with Crippen LogP contribution in [-0.4, -0.2) is 61.6 Å². The van der Waals surface area contributed by atoms with Crippen LogP contribution in [0.4, 0.5) is 11.4 Å². The number of para-hydroxylation sites is 1. The maximum absolute atomic E-state index is 14.3. The summed E-state index contributed by atoms with van der Waals surface area (Å²) in [5.41, 5.74) is 0.685. The lowest BCUT2D eigenvalue weighted by Gasteiger charge is -2.29. The zero-order valence-corrected chi connectivity index (χ0v) is 24.0. The van der Waals surface area contributed by atoms with E-state index in [9.17, 15) is 19.7 Å². The van der Waals surface area contributed by atoms with Crippen molar-refractivity contribution < 1.29 is 24.0 Å². The Morgan fingerprint density at radius 1 is 1.12 bits per heavy atom. The molecule has 4 rings (SSSR count). The molecule has 0 spiro atoms. The van der Waals surface area contributed by atoms with Crippen molar-refractivity contribution in [3.63, 3.8) is 0 Å². The van der Waals surface area contributed by atoms with Crippen molar-refractivity contribution in [1.82, 2.24) is 4.90 Å². The number of nitro benzene ring substituents is 1. The Hall–Kier alpha value is -3.60. The molecule has 0 bridgehead atoms. The smallest absolute Gasteiger partial charge is 0.346 e. The number of anilines is 1. The van der Waals surface area contributed by atoms with E-state index in [1.54, 1.807) is 24.1 Å². The molecule has 1 aliphatic rings. The second-order valence-corrected chi connectivity index (χ2v) is 10.9. The number of carbonyl (C=O) groups excluding carboxylic acids is 2. The molecular weight excluding hydrogens is 554 g/mol. The average molecular weight is 584 g/mol. The number of nitro groups is 1. The van der Waals surface area contributed by atoms with Gasteiger partial charge in [0.05, 0.1) is 23.0 Å². The predicted molar refractivity (Wildman–Crippen MR) is 155 cm³/mol. The third-order valence-electron chi connectivity index (χ3n) is 6.56. The van der Waals surface area contributed by atoms with Gasteiger partial charge in [-0.15, -0.1) is 11.8 Å². The SMILES string of the molecule is CCCN(C)CCN1C(=O)[C@@H](OC(=O)c2ccc(Cl)cc2[N+](=O)[O-])[C@@H](c2ccc(OC)cc2)Sc2ccccc21. The van der Waals surface area contributed by atoms with Gasteiger partial charge in [0.25, 0.3) is 11.6 Å². The molecule has 1 aliphatic heterocycles. The Balaban J connectivity index is 1.77. The zero-order chi connectivity index (χ0) is 28.8. The number of hydrogen-bond acceptors (Lipinski definition) is 8. The van der Waals surface area contributed by atoms with Gasteiger partial charge in [0.1, 0.15) is 11.3 Å². The lowest BCUT2D eigenvalue weighted by atomic mass is 10.0. The van der Waals surface area contributed by atoms with Crippen molar-refractivity contribution in [3.05, 3.63) is 93.0 Å². The number of ether oxygens (including phenoxy) is 2. The van der Waals surface area contributed by atoms with E-state index in [0.29, 0.717) is 18.8 Å². The molecule has 1 heterocycles. The average Bonchev–Trinajstić information content (AvgIpc) is 3.06. The number of benzene rings is 3. The van der Waals surface area contributed by atoms with Crippen molar-refractivity contribution >= 4 is 46.6 Å². The molecule has 0 saturated heterocycles. The van der Waals surface area contributed by atoms with E-state index < -0.39 is 33.8 Å². The highest BCUT2D eigenvalue weighted by Gasteiger charge is 2.42. The van der Waals surface area contributed by atoms with E-state index in [1.165, 1.54) is 23.9 Å². The molecule has 210 valence electrons. The summed E-state index contributed by atoms with van der Waals surface area (Å²) in [4.78, 5) is 43.3. The fourth-order valence-electron chi connectivity index (χ4n) is 4.53. The zero-order valence-electron chi connectivity index (χ0n) is 22.4. The molecule has 3 aromatic rings. The number of carbonyl (C=O) groups is 2. The molecule has 1 amide bonds. The summed E-state index contributed by atoms with van der Waals surface area (Å²) in [6, 6.07) is 18.5. The summed E-state index contributed by atoms with van der Waals surface area (Å²) in [6.07, 6.45) is -0.304. The highest BCUT2D eigenvalue weighted by molar-refractivity contribution is 7.99. The highest BCUT2D eigenvalue weighted by atomic mass is 35.5. The van der Waals surface area contributed by atoms with Crippen LogP contribution in [0, 0.1) is 10.1 Å². The molecule has 0 N–H and O–H groups in total. The number of likely N-dealkylation sites (N-methyl/N-ethyl adjacent to an activating group) is 1. The van der Waals surface area contributed by atoms with Crippen molar-refractivity contribution in [2.75, 3.05) is 38.7 Å². The molecule has 11 heteroatoms. The van der Waals surface area contributed by atoms with Crippen LogP contribution < -0.4 is 9.64 Å². The van der Waals surface area contributed by atoms with Crippen molar-refractivity contribution in [1.29, 1.82) is 0 Å². The van der Waals surface area contributed by atoms with E-state index in [0.717, 1.165) is 35.2 Å². The van der Waals surface area contributed by atoms with Gasteiger partial charge in [-0.1, -0.05) is 42.8 Å². The molecule has 0 radical (unpaired) electrons. The normalized spacial score (nSPS) is 16.8. The minimum atomic E-state index is -1.27. The van der Waals surface area contributed by atoms with Gasteiger partial charge in [-0.25, -0.2) is 4.79 Å². The van der Waals surface area contributed by atoms with Gasteiger partial charge in [0.15, 0.2) is 6.10 Å². The van der Waals surface area contributed by atoms with Crippen LogP contribution in [0.1, 0.15) is 34.5 Å². The molecule has 40 heavy (non-hydrogen) atoms. The molecule has 0 saturated carbocycles. The van der Waals surface area contributed by atoms with E-state index in [1.807, 2.05) is 43.4 Å². The summed E-state index contributed by atoms with van der Waals surface area (Å²) in [5.74, 6) is -0.747. The third-order valence-corrected chi connectivity index (χ3v) is 8.17. The minimum Gasteiger partial charge on any atom is -0.497 e. The van der Waals surface area contributed by atoms with Gasteiger partial charge < -0.3 is 19.3 Å². The number of nitrogens with zero attached hydrogens (tertiary/aromatic N) is 3. The van der Waals surface area contributed by atoms with E-state index in [4.69, 9.17) is 21.1 Å². The number of thioether (sulfide) groups is 1. The number of rotatable bonds is 10. The number of methoxy groups -OCH3 is 1. The highest BCUT2D eigenvalue weighted by Crippen LogP contribution is 2.47. The number of fused-ring (bicyclic) bond motifs is 1. The second kappa shape index (κ2) is 13.2. The molecule has 0 aliphatic carbocycles. The van der Waals surface area contributed by atoms with Gasteiger partial charge in [0.2, 0.25) is 0 Å². The van der Waals surface area contributed by atoms with Crippen LogP contribution in [0.25, 0.3) is 0 Å². The van der Waals surface area contributed by atoms with Gasteiger partial charge in [-0.05, 0) is 62.0 Å². The number of hydrogen-bond donors (Lipinski definition) is 0. The molecule has 9 nitrogen and oxygen atoms in total. The van der Waals surface area contributed by atoms with Crippen LogP contribution in [-0.2, 0) is 9.53 Å². The first-order valence-corrected chi connectivity index (χ1v) is 14.0.